The Balaban J connectivity index is 0. The normalized spacial score (nSPS) is 9.88. The monoisotopic (exact) mass is 266 g/mol. The van der Waals surface area contributed by atoms with Crippen molar-refractivity contribution in [3.8, 4) is 0 Å². The molecule has 0 spiro atoms. The molecule has 0 rings (SSSR count). The van der Waals surface area contributed by atoms with Crippen LogP contribution in [-0.2, 0) is 9.59 Å². The quantitative estimate of drug-likeness (QED) is 0.714. The second kappa shape index (κ2) is 10.4. The Kier molecular flexibility index (Phi) is 11.3. The Morgan fingerprint density at radius 1 is 1.06 bits per heavy atom. The molecule has 0 radical (unpaired) electrons. The highest BCUT2D eigenvalue weighted by molar-refractivity contribution is 5.85. The number of amides is 1. The number of carboxylic acids is 1. The first-order valence-corrected chi connectivity index (χ1v) is 5.69. The maximum absolute atomic E-state index is 11.5. The van der Waals surface area contributed by atoms with Crippen LogP contribution in [-0.4, -0.2) is 60.0 Å². The predicted octanol–water partition coefficient (Wildman–Crippen LogP) is 1.07. The first kappa shape index (κ1) is 18.6. The van der Waals surface area contributed by atoms with E-state index < -0.39 is 5.97 Å². The molecule has 0 atom stereocenters. The molecule has 0 aliphatic rings. The molecule has 0 aliphatic heterocycles. The van der Waals surface area contributed by atoms with E-state index in [0.29, 0.717) is 6.54 Å². The SMILES string of the molecule is CCN(CC)CCN(C)C(=O)CCC(=O)O.Cl. The molecule has 0 unspecified atom stereocenters. The van der Waals surface area contributed by atoms with Crippen LogP contribution in [0.15, 0.2) is 0 Å². The molecule has 1 amide bonds. The summed E-state index contributed by atoms with van der Waals surface area (Å²) in [5.74, 6) is -1.03. The number of carbonyl (C=O) groups is 2. The second-order valence-corrected chi connectivity index (χ2v) is 3.74. The zero-order valence-electron chi connectivity index (χ0n) is 10.8. The van der Waals surface area contributed by atoms with Crippen LogP contribution in [0.25, 0.3) is 0 Å². The molecule has 0 bridgehead atoms. The topological polar surface area (TPSA) is 60.9 Å². The number of rotatable bonds is 8. The summed E-state index contributed by atoms with van der Waals surface area (Å²) >= 11 is 0. The zero-order chi connectivity index (χ0) is 12.6. The van der Waals surface area contributed by atoms with Gasteiger partial charge in [0.05, 0.1) is 6.42 Å². The van der Waals surface area contributed by atoms with Crippen molar-refractivity contribution in [2.75, 3.05) is 33.2 Å². The van der Waals surface area contributed by atoms with Gasteiger partial charge in [0.15, 0.2) is 0 Å². The molecule has 102 valence electrons. The Bertz CT molecular complexity index is 233. The summed E-state index contributed by atoms with van der Waals surface area (Å²) in [4.78, 5) is 25.6. The maximum Gasteiger partial charge on any atom is 0.303 e. The largest absolute Gasteiger partial charge is 0.481 e. The van der Waals surface area contributed by atoms with Gasteiger partial charge in [0.1, 0.15) is 0 Å². The fraction of sp³-hybridized carbons (Fsp3) is 0.818. The summed E-state index contributed by atoms with van der Waals surface area (Å²) in [6.45, 7) is 7.58. The van der Waals surface area contributed by atoms with Crippen LogP contribution in [0.3, 0.4) is 0 Å². The molecule has 0 fully saturated rings. The summed E-state index contributed by atoms with van der Waals surface area (Å²) in [6.07, 6.45) is -0.00146. The van der Waals surface area contributed by atoms with Gasteiger partial charge in [-0.05, 0) is 13.1 Å². The van der Waals surface area contributed by atoms with Gasteiger partial charge in [-0.2, -0.15) is 0 Å². The summed E-state index contributed by atoms with van der Waals surface area (Å²) in [5.41, 5.74) is 0. The molecule has 0 heterocycles. The van der Waals surface area contributed by atoms with Gasteiger partial charge in [0, 0.05) is 26.6 Å². The molecular formula is C11H23ClN2O3. The summed E-state index contributed by atoms with van der Waals surface area (Å²) in [7, 11) is 1.72. The van der Waals surface area contributed by atoms with E-state index in [1.54, 1.807) is 11.9 Å². The number of carbonyl (C=O) groups excluding carboxylic acids is 1. The Labute approximate surface area is 109 Å². The minimum absolute atomic E-state index is 0. The average Bonchev–Trinajstić information content (AvgIpc) is 2.26. The third kappa shape index (κ3) is 8.94. The summed E-state index contributed by atoms with van der Waals surface area (Å²) < 4.78 is 0. The van der Waals surface area contributed by atoms with Crippen molar-refractivity contribution >= 4 is 24.3 Å². The van der Waals surface area contributed by atoms with Gasteiger partial charge in [0.25, 0.3) is 0 Å². The van der Waals surface area contributed by atoms with E-state index in [1.807, 2.05) is 0 Å². The van der Waals surface area contributed by atoms with Crippen molar-refractivity contribution < 1.29 is 14.7 Å². The van der Waals surface area contributed by atoms with E-state index in [-0.39, 0.29) is 31.2 Å². The van der Waals surface area contributed by atoms with Crippen LogP contribution in [0.4, 0.5) is 0 Å². The highest BCUT2D eigenvalue weighted by atomic mass is 35.5. The van der Waals surface area contributed by atoms with Gasteiger partial charge in [-0.25, -0.2) is 0 Å². The van der Waals surface area contributed by atoms with Gasteiger partial charge >= 0.3 is 5.97 Å². The van der Waals surface area contributed by atoms with Crippen molar-refractivity contribution in [3.05, 3.63) is 0 Å². The lowest BCUT2D eigenvalue weighted by atomic mass is 10.3. The molecule has 0 aromatic rings. The van der Waals surface area contributed by atoms with Gasteiger partial charge in [-0.15, -0.1) is 12.4 Å². The minimum Gasteiger partial charge on any atom is -0.481 e. The standard InChI is InChI=1S/C11H22N2O3.ClH/c1-4-13(5-2)9-8-12(3)10(14)6-7-11(15)16;/h4-9H2,1-3H3,(H,15,16);1H. The summed E-state index contributed by atoms with van der Waals surface area (Å²) in [5, 5.41) is 8.46. The lowest BCUT2D eigenvalue weighted by Gasteiger charge is -2.23. The van der Waals surface area contributed by atoms with Crippen molar-refractivity contribution in [2.24, 2.45) is 0 Å². The first-order valence-electron chi connectivity index (χ1n) is 5.69. The molecule has 0 saturated heterocycles. The molecule has 1 N–H and O–H groups in total. The van der Waals surface area contributed by atoms with Gasteiger partial charge < -0.3 is 14.9 Å². The van der Waals surface area contributed by atoms with Crippen LogP contribution in [0.2, 0.25) is 0 Å². The van der Waals surface area contributed by atoms with Gasteiger partial charge in [-0.1, -0.05) is 13.8 Å². The number of aliphatic carboxylic acids is 1. The van der Waals surface area contributed by atoms with E-state index in [0.717, 1.165) is 19.6 Å². The number of halogens is 1. The predicted molar refractivity (Wildman–Crippen MR) is 69.5 cm³/mol. The summed E-state index contributed by atoms with van der Waals surface area (Å²) in [6, 6.07) is 0. The molecular weight excluding hydrogens is 244 g/mol. The van der Waals surface area contributed by atoms with E-state index in [2.05, 4.69) is 18.7 Å². The third-order valence-electron chi connectivity index (χ3n) is 2.62. The van der Waals surface area contributed by atoms with Crippen molar-refractivity contribution in [3.63, 3.8) is 0 Å². The van der Waals surface area contributed by atoms with E-state index in [9.17, 15) is 9.59 Å². The van der Waals surface area contributed by atoms with Crippen molar-refractivity contribution in [1.82, 2.24) is 9.80 Å². The Morgan fingerprint density at radius 3 is 2.00 bits per heavy atom. The fourth-order valence-corrected chi connectivity index (χ4v) is 1.36. The van der Waals surface area contributed by atoms with Crippen LogP contribution in [0.5, 0.6) is 0 Å². The lowest BCUT2D eigenvalue weighted by Crippen LogP contribution is -2.36. The van der Waals surface area contributed by atoms with Crippen LogP contribution < -0.4 is 0 Å². The number of carboxylic acid groups (broad SMARTS) is 1. The molecule has 0 aliphatic carbocycles. The minimum atomic E-state index is -0.925. The smallest absolute Gasteiger partial charge is 0.303 e. The van der Waals surface area contributed by atoms with E-state index >= 15 is 0 Å². The molecule has 0 saturated carbocycles. The molecule has 6 heteroatoms. The fourth-order valence-electron chi connectivity index (χ4n) is 1.36. The molecule has 5 nitrogen and oxygen atoms in total. The van der Waals surface area contributed by atoms with Gasteiger partial charge in [0.2, 0.25) is 5.91 Å². The van der Waals surface area contributed by atoms with Crippen LogP contribution in [0, 0.1) is 0 Å². The number of hydrogen-bond donors (Lipinski definition) is 1. The number of nitrogens with zero attached hydrogens (tertiary/aromatic N) is 2. The second-order valence-electron chi connectivity index (χ2n) is 3.74. The van der Waals surface area contributed by atoms with Crippen LogP contribution >= 0.6 is 12.4 Å². The Hall–Kier alpha value is -0.810. The van der Waals surface area contributed by atoms with Crippen molar-refractivity contribution in [1.29, 1.82) is 0 Å². The third-order valence-corrected chi connectivity index (χ3v) is 2.62. The first-order chi connectivity index (χ1) is 7.51. The number of likely N-dealkylation sites (N-methyl/N-ethyl adjacent to an activating group) is 2. The van der Waals surface area contributed by atoms with Gasteiger partial charge in [-0.3, -0.25) is 9.59 Å². The lowest BCUT2D eigenvalue weighted by molar-refractivity contribution is -0.140. The Morgan fingerprint density at radius 2 is 1.59 bits per heavy atom. The maximum atomic E-state index is 11.5. The van der Waals surface area contributed by atoms with E-state index in [1.165, 1.54) is 0 Å². The number of hydrogen-bond acceptors (Lipinski definition) is 3. The molecule has 0 aromatic carbocycles. The highest BCUT2D eigenvalue weighted by Gasteiger charge is 2.11. The highest BCUT2D eigenvalue weighted by Crippen LogP contribution is 1.97. The molecule has 17 heavy (non-hydrogen) atoms. The van der Waals surface area contributed by atoms with E-state index in [4.69, 9.17) is 5.11 Å². The molecule has 0 aromatic heterocycles. The van der Waals surface area contributed by atoms with Crippen LogP contribution in [0.1, 0.15) is 26.7 Å². The van der Waals surface area contributed by atoms with Crippen molar-refractivity contribution in [2.45, 2.75) is 26.7 Å². The average molecular weight is 267 g/mol. The zero-order valence-corrected chi connectivity index (χ0v) is 11.6.